The number of nitrogens with zero attached hydrogens (tertiary/aromatic N) is 3. The molecule has 174 valence electrons. The summed E-state index contributed by atoms with van der Waals surface area (Å²) in [5, 5.41) is 4.81. The average Bonchev–Trinajstić information content (AvgIpc) is 3.26. The van der Waals surface area contributed by atoms with Crippen molar-refractivity contribution in [2.45, 2.75) is 71.3 Å². The molecule has 1 aromatic heterocycles. The van der Waals surface area contributed by atoms with Crippen molar-refractivity contribution in [3.05, 3.63) is 30.0 Å². The van der Waals surface area contributed by atoms with Crippen LogP contribution in [-0.2, 0) is 4.74 Å². The van der Waals surface area contributed by atoms with Crippen molar-refractivity contribution in [2.75, 3.05) is 13.1 Å². The van der Waals surface area contributed by atoms with Gasteiger partial charge in [0.2, 0.25) is 0 Å². The molecular formula is C23H29F2N3O4. The lowest BCUT2D eigenvalue weighted by atomic mass is 10.0. The molecule has 9 heteroatoms. The van der Waals surface area contributed by atoms with Crippen molar-refractivity contribution in [2.24, 2.45) is 0 Å². The van der Waals surface area contributed by atoms with Gasteiger partial charge in [-0.15, -0.1) is 8.78 Å². The summed E-state index contributed by atoms with van der Waals surface area (Å²) in [5.41, 5.74) is 1.89. The summed E-state index contributed by atoms with van der Waals surface area (Å²) in [5.74, 6) is 0.231. The fourth-order valence-electron chi connectivity index (χ4n) is 4.00. The Kier molecular flexibility index (Phi) is 5.55. The lowest BCUT2D eigenvalue weighted by Gasteiger charge is -2.34. The molecule has 2 aliphatic rings. The molecule has 3 heterocycles. The molecule has 1 fully saturated rings. The van der Waals surface area contributed by atoms with Crippen LogP contribution >= 0.6 is 0 Å². The number of benzene rings is 1. The van der Waals surface area contributed by atoms with Crippen LogP contribution in [0.25, 0.3) is 11.3 Å². The van der Waals surface area contributed by atoms with Crippen LogP contribution in [0.1, 0.15) is 65.1 Å². The number of rotatable bonds is 3. The molecule has 1 amide bonds. The fraction of sp³-hybridized carbons (Fsp3) is 0.565. The highest BCUT2D eigenvalue weighted by molar-refractivity contribution is 5.68. The van der Waals surface area contributed by atoms with Gasteiger partial charge in [-0.25, -0.2) is 4.79 Å². The Bertz CT molecular complexity index is 1010. The maximum Gasteiger partial charge on any atom is 0.586 e. The van der Waals surface area contributed by atoms with Crippen LogP contribution in [0.5, 0.6) is 11.5 Å². The van der Waals surface area contributed by atoms with Crippen molar-refractivity contribution in [3.8, 4) is 22.8 Å². The third-order valence-electron chi connectivity index (χ3n) is 5.52. The molecule has 1 saturated heterocycles. The van der Waals surface area contributed by atoms with Crippen molar-refractivity contribution in [1.82, 2.24) is 14.7 Å². The van der Waals surface area contributed by atoms with Crippen molar-refractivity contribution >= 4 is 6.09 Å². The first-order valence-electron chi connectivity index (χ1n) is 10.9. The predicted octanol–water partition coefficient (Wildman–Crippen LogP) is 5.57. The second kappa shape index (κ2) is 7.94. The Morgan fingerprint density at radius 1 is 1.16 bits per heavy atom. The molecule has 0 bridgehead atoms. The molecule has 2 aliphatic heterocycles. The number of hydrogen-bond donors (Lipinski definition) is 0. The monoisotopic (exact) mass is 449 g/mol. The number of carbonyl (C=O) groups is 1. The van der Waals surface area contributed by atoms with Crippen LogP contribution in [0, 0.1) is 0 Å². The number of amides is 1. The first-order valence-corrected chi connectivity index (χ1v) is 10.9. The van der Waals surface area contributed by atoms with E-state index in [0.717, 1.165) is 18.5 Å². The molecule has 7 nitrogen and oxygen atoms in total. The molecule has 4 rings (SSSR count). The molecule has 0 N–H and O–H groups in total. The summed E-state index contributed by atoms with van der Waals surface area (Å²) >= 11 is 0. The van der Waals surface area contributed by atoms with Gasteiger partial charge in [-0.2, -0.15) is 5.10 Å². The van der Waals surface area contributed by atoms with Crippen LogP contribution in [0.3, 0.4) is 0 Å². The first-order chi connectivity index (χ1) is 14.9. The highest BCUT2D eigenvalue weighted by Gasteiger charge is 2.43. The van der Waals surface area contributed by atoms with E-state index in [2.05, 4.69) is 23.3 Å². The largest absolute Gasteiger partial charge is 0.586 e. The summed E-state index contributed by atoms with van der Waals surface area (Å²) in [6.45, 7) is 10.9. The van der Waals surface area contributed by atoms with E-state index in [0.29, 0.717) is 24.3 Å². The fourth-order valence-corrected chi connectivity index (χ4v) is 4.00. The van der Waals surface area contributed by atoms with Crippen molar-refractivity contribution in [3.63, 3.8) is 0 Å². The zero-order chi connectivity index (χ0) is 23.3. The average molecular weight is 449 g/mol. The summed E-state index contributed by atoms with van der Waals surface area (Å²) in [4.78, 5) is 14.1. The number of hydrogen-bond acceptors (Lipinski definition) is 5. The van der Waals surface area contributed by atoms with Gasteiger partial charge in [0.05, 0.1) is 11.7 Å². The van der Waals surface area contributed by atoms with Gasteiger partial charge in [0, 0.05) is 24.3 Å². The van der Waals surface area contributed by atoms with E-state index in [-0.39, 0.29) is 29.6 Å². The molecule has 0 atom stereocenters. The third-order valence-corrected chi connectivity index (χ3v) is 5.52. The van der Waals surface area contributed by atoms with Gasteiger partial charge in [0.1, 0.15) is 5.60 Å². The molecule has 32 heavy (non-hydrogen) atoms. The molecule has 0 aliphatic carbocycles. The highest BCUT2D eigenvalue weighted by atomic mass is 19.3. The van der Waals surface area contributed by atoms with E-state index in [1.54, 1.807) is 11.0 Å². The maximum atomic E-state index is 13.4. The Morgan fingerprint density at radius 2 is 1.81 bits per heavy atom. The Morgan fingerprint density at radius 3 is 2.44 bits per heavy atom. The van der Waals surface area contributed by atoms with E-state index >= 15 is 0 Å². The number of carbonyl (C=O) groups excluding carboxylic acids is 1. The lowest BCUT2D eigenvalue weighted by Crippen LogP contribution is -2.42. The smallest absolute Gasteiger partial charge is 0.444 e. The molecule has 2 aromatic rings. The highest BCUT2D eigenvalue weighted by Crippen LogP contribution is 2.43. The molecule has 1 aromatic carbocycles. The number of piperidine rings is 1. The Balaban J connectivity index is 1.52. The minimum absolute atomic E-state index is 0.00110. The quantitative estimate of drug-likeness (QED) is 0.613. The molecule has 0 unspecified atom stereocenters. The van der Waals surface area contributed by atoms with E-state index in [1.165, 1.54) is 12.1 Å². The van der Waals surface area contributed by atoms with Gasteiger partial charge in [-0.1, -0.05) is 13.8 Å². The summed E-state index contributed by atoms with van der Waals surface area (Å²) in [7, 11) is 0. The first kappa shape index (κ1) is 22.4. The van der Waals surface area contributed by atoms with Crippen molar-refractivity contribution in [1.29, 1.82) is 0 Å². The van der Waals surface area contributed by atoms with E-state index in [9.17, 15) is 13.6 Å². The minimum atomic E-state index is -3.65. The van der Waals surface area contributed by atoms with Gasteiger partial charge in [0.15, 0.2) is 11.5 Å². The van der Waals surface area contributed by atoms with Gasteiger partial charge < -0.3 is 19.1 Å². The van der Waals surface area contributed by atoms with E-state index in [4.69, 9.17) is 9.84 Å². The van der Waals surface area contributed by atoms with Gasteiger partial charge in [-0.05, 0) is 63.8 Å². The zero-order valence-electron chi connectivity index (χ0n) is 19.0. The predicted molar refractivity (Wildman–Crippen MR) is 114 cm³/mol. The Hall–Kier alpha value is -2.84. The summed E-state index contributed by atoms with van der Waals surface area (Å²) in [6, 6.07) is 6.82. The molecule has 0 saturated carbocycles. The number of halogens is 2. The molecule has 0 spiro atoms. The van der Waals surface area contributed by atoms with Crippen LogP contribution in [-0.4, -0.2) is 45.8 Å². The Labute approximate surface area is 186 Å². The maximum absolute atomic E-state index is 13.4. The van der Waals surface area contributed by atoms with Gasteiger partial charge in [0.25, 0.3) is 0 Å². The minimum Gasteiger partial charge on any atom is -0.444 e. The molecular weight excluding hydrogens is 420 g/mol. The summed E-state index contributed by atoms with van der Waals surface area (Å²) in [6.07, 6.45) is -2.43. The molecule has 0 radical (unpaired) electrons. The SMILES string of the molecule is CC(C)c1cc(-c2ccc3c(c2)OC(F)(F)O3)nn1C1CCN(C(=O)OC(C)(C)C)CC1. The van der Waals surface area contributed by atoms with Crippen LogP contribution in [0.2, 0.25) is 0 Å². The van der Waals surface area contributed by atoms with Gasteiger partial charge >= 0.3 is 12.4 Å². The summed E-state index contributed by atoms with van der Waals surface area (Å²) < 4.78 is 43.3. The number of fused-ring (bicyclic) bond motifs is 1. The third kappa shape index (κ3) is 4.66. The van der Waals surface area contributed by atoms with Crippen LogP contribution < -0.4 is 9.47 Å². The zero-order valence-corrected chi connectivity index (χ0v) is 19.0. The van der Waals surface area contributed by atoms with Crippen LogP contribution in [0.15, 0.2) is 24.3 Å². The number of alkyl halides is 2. The second-order valence-electron chi connectivity index (χ2n) is 9.58. The second-order valence-corrected chi connectivity index (χ2v) is 9.58. The van der Waals surface area contributed by atoms with Gasteiger partial charge in [-0.3, -0.25) is 4.68 Å². The lowest BCUT2D eigenvalue weighted by molar-refractivity contribution is -0.286. The number of aromatic nitrogens is 2. The number of likely N-dealkylation sites (tertiary alicyclic amines) is 1. The number of ether oxygens (including phenoxy) is 3. The standard InChI is InChI=1S/C23H29F2N3O4/c1-14(2)18-13-17(15-6-7-19-20(12-15)31-23(24,25)30-19)26-28(18)16-8-10-27(11-9-16)21(29)32-22(3,4)5/h6-7,12-14,16H,8-11H2,1-5H3. The van der Waals surface area contributed by atoms with E-state index in [1.807, 2.05) is 31.5 Å². The normalized spacial score (nSPS) is 18.3. The van der Waals surface area contributed by atoms with E-state index < -0.39 is 11.9 Å². The van der Waals surface area contributed by atoms with Crippen LogP contribution in [0.4, 0.5) is 13.6 Å². The topological polar surface area (TPSA) is 65.8 Å². The van der Waals surface area contributed by atoms with Crippen molar-refractivity contribution < 1.29 is 27.8 Å².